The van der Waals surface area contributed by atoms with Gasteiger partial charge in [-0.1, -0.05) is 13.0 Å². The van der Waals surface area contributed by atoms with Crippen molar-refractivity contribution < 1.29 is 30.9 Å². The minimum atomic E-state index is -4.59. The Morgan fingerprint density at radius 3 is 2.50 bits per heavy atom. The number of benzene rings is 2. The van der Waals surface area contributed by atoms with Crippen LogP contribution in [-0.2, 0) is 21.7 Å². The van der Waals surface area contributed by atoms with Gasteiger partial charge in [-0.05, 0) is 36.8 Å². The van der Waals surface area contributed by atoms with Gasteiger partial charge in [0.25, 0.3) is 0 Å². The van der Waals surface area contributed by atoms with Gasteiger partial charge in [0.15, 0.2) is 11.6 Å². The molecule has 1 aliphatic heterocycles. The van der Waals surface area contributed by atoms with Crippen LogP contribution >= 0.6 is 0 Å². The summed E-state index contributed by atoms with van der Waals surface area (Å²) in [5.41, 5.74) is -1.12. The molecule has 2 nitrogen and oxygen atoms in total. The molecule has 1 aliphatic rings. The van der Waals surface area contributed by atoms with Gasteiger partial charge in [0.1, 0.15) is 5.82 Å². The predicted molar refractivity (Wildman–Crippen MR) is 86.3 cm³/mol. The summed E-state index contributed by atoms with van der Waals surface area (Å²) >= 11 is 0. The van der Waals surface area contributed by atoms with Gasteiger partial charge in [0.2, 0.25) is 0 Å². The van der Waals surface area contributed by atoms with Crippen molar-refractivity contribution in [2.45, 2.75) is 35.6 Å². The van der Waals surface area contributed by atoms with Crippen molar-refractivity contribution in [2.24, 2.45) is 0 Å². The van der Waals surface area contributed by atoms with Gasteiger partial charge < -0.3 is 4.74 Å². The molecule has 1 heterocycles. The van der Waals surface area contributed by atoms with E-state index in [1.165, 1.54) is 6.07 Å². The fraction of sp³-hybridized carbons (Fsp3) is 0.333. The van der Waals surface area contributed by atoms with E-state index < -0.39 is 38.9 Å². The first-order valence-corrected chi connectivity index (χ1v) is 9.06. The topological polar surface area (TPSA) is 26.3 Å². The third kappa shape index (κ3) is 3.00. The molecular weight excluding hydrogens is 375 g/mol. The van der Waals surface area contributed by atoms with E-state index in [1.807, 2.05) is 0 Å². The minimum Gasteiger partial charge on any atom is -0.490 e. The van der Waals surface area contributed by atoms with Gasteiger partial charge >= 0.3 is 6.18 Å². The highest BCUT2D eigenvalue weighted by atomic mass is 32.2. The Labute approximate surface area is 149 Å². The zero-order valence-corrected chi connectivity index (χ0v) is 14.5. The van der Waals surface area contributed by atoms with E-state index in [2.05, 4.69) is 0 Å². The molecule has 2 unspecified atom stereocenters. The molecule has 140 valence electrons. The Morgan fingerprint density at radius 1 is 1.15 bits per heavy atom. The normalized spacial score (nSPS) is 21.0. The Morgan fingerprint density at radius 2 is 1.85 bits per heavy atom. The summed E-state index contributed by atoms with van der Waals surface area (Å²) in [6.07, 6.45) is -4.35. The molecular formula is C18H15F5O2S. The summed E-state index contributed by atoms with van der Waals surface area (Å²) in [7, 11) is -2.04. The first kappa shape index (κ1) is 18.8. The number of halogens is 5. The predicted octanol–water partition coefficient (Wildman–Crippen LogP) is 5.18. The standard InChI is InChI=1S/C18H15F5O2S/c1-2-17(8-9-25-16-14(20)7-6-13(19)15(16)17)26(24)12-5-3-4-11(10-12)18(21,22)23/h3-7,10H,2,8-9H2,1H3. The van der Waals surface area contributed by atoms with Crippen molar-refractivity contribution in [3.05, 3.63) is 59.2 Å². The summed E-state index contributed by atoms with van der Waals surface area (Å²) in [6.45, 7) is 1.64. The van der Waals surface area contributed by atoms with Crippen LogP contribution < -0.4 is 4.74 Å². The highest BCUT2D eigenvalue weighted by Gasteiger charge is 2.46. The van der Waals surface area contributed by atoms with E-state index in [-0.39, 0.29) is 35.7 Å². The number of rotatable bonds is 3. The van der Waals surface area contributed by atoms with Crippen molar-refractivity contribution in [1.82, 2.24) is 0 Å². The average Bonchev–Trinajstić information content (AvgIpc) is 2.63. The summed E-state index contributed by atoms with van der Waals surface area (Å²) in [5, 5.41) is 0. The third-order valence-electron chi connectivity index (χ3n) is 4.57. The van der Waals surface area contributed by atoms with Crippen molar-refractivity contribution in [2.75, 3.05) is 6.61 Å². The lowest BCUT2D eigenvalue weighted by molar-refractivity contribution is -0.137. The van der Waals surface area contributed by atoms with Crippen LogP contribution in [0.15, 0.2) is 41.3 Å². The lowest BCUT2D eigenvalue weighted by atomic mass is 9.89. The smallest absolute Gasteiger partial charge is 0.416 e. The van der Waals surface area contributed by atoms with Crippen LogP contribution in [-0.4, -0.2) is 10.8 Å². The van der Waals surface area contributed by atoms with Crippen molar-refractivity contribution in [3.63, 3.8) is 0 Å². The van der Waals surface area contributed by atoms with Gasteiger partial charge in [0, 0.05) is 11.3 Å². The molecule has 0 radical (unpaired) electrons. The fourth-order valence-corrected chi connectivity index (χ4v) is 5.02. The van der Waals surface area contributed by atoms with E-state index in [4.69, 9.17) is 4.74 Å². The second-order valence-electron chi connectivity index (χ2n) is 5.97. The number of ether oxygens (including phenoxy) is 1. The van der Waals surface area contributed by atoms with E-state index >= 15 is 0 Å². The Bertz CT molecular complexity index is 865. The molecule has 0 fully saturated rings. The Kier molecular flexibility index (Phi) is 4.81. The van der Waals surface area contributed by atoms with Crippen LogP contribution in [0.3, 0.4) is 0 Å². The minimum absolute atomic E-state index is 0.00802. The zero-order chi connectivity index (χ0) is 19.1. The molecule has 0 N–H and O–H groups in total. The van der Waals surface area contributed by atoms with Gasteiger partial charge in [-0.3, -0.25) is 4.21 Å². The van der Waals surface area contributed by atoms with Crippen LogP contribution in [0.4, 0.5) is 22.0 Å². The maximum absolute atomic E-state index is 14.5. The second-order valence-corrected chi connectivity index (χ2v) is 7.76. The van der Waals surface area contributed by atoms with Crippen LogP contribution in [0.5, 0.6) is 5.75 Å². The molecule has 0 saturated carbocycles. The summed E-state index contributed by atoms with van der Waals surface area (Å²) in [4.78, 5) is -0.0850. The molecule has 0 aliphatic carbocycles. The van der Waals surface area contributed by atoms with Gasteiger partial charge in [-0.15, -0.1) is 0 Å². The van der Waals surface area contributed by atoms with E-state index in [0.717, 1.165) is 30.3 Å². The highest BCUT2D eigenvalue weighted by Crippen LogP contribution is 2.48. The van der Waals surface area contributed by atoms with Crippen LogP contribution in [0.25, 0.3) is 0 Å². The number of fused-ring (bicyclic) bond motifs is 1. The lowest BCUT2D eigenvalue weighted by Gasteiger charge is -2.37. The van der Waals surface area contributed by atoms with Crippen molar-refractivity contribution in [1.29, 1.82) is 0 Å². The van der Waals surface area contributed by atoms with E-state index in [0.29, 0.717) is 0 Å². The van der Waals surface area contributed by atoms with Crippen molar-refractivity contribution >= 4 is 10.8 Å². The molecule has 0 amide bonds. The Balaban J connectivity index is 2.17. The quantitative estimate of drug-likeness (QED) is 0.675. The maximum Gasteiger partial charge on any atom is 0.416 e. The highest BCUT2D eigenvalue weighted by molar-refractivity contribution is 7.86. The molecule has 0 saturated heterocycles. The average molecular weight is 390 g/mol. The first-order valence-electron chi connectivity index (χ1n) is 7.91. The molecule has 2 atom stereocenters. The van der Waals surface area contributed by atoms with Gasteiger partial charge in [0.05, 0.1) is 33.3 Å². The third-order valence-corrected chi connectivity index (χ3v) is 6.66. The SMILES string of the molecule is CCC1(S(=O)c2cccc(C(F)(F)F)c2)CCOc2c(F)ccc(F)c21. The summed E-state index contributed by atoms with van der Waals surface area (Å²) in [5.74, 6) is -1.90. The molecule has 0 spiro atoms. The summed E-state index contributed by atoms with van der Waals surface area (Å²) < 4.78 is 84.6. The maximum atomic E-state index is 14.5. The fourth-order valence-electron chi connectivity index (χ4n) is 3.23. The van der Waals surface area contributed by atoms with Gasteiger partial charge in [-0.2, -0.15) is 13.2 Å². The first-order chi connectivity index (χ1) is 12.2. The largest absolute Gasteiger partial charge is 0.490 e. The Hall–Kier alpha value is -1.96. The molecule has 8 heteroatoms. The number of hydrogen-bond donors (Lipinski definition) is 0. The molecule has 0 bridgehead atoms. The molecule has 3 rings (SSSR count). The number of hydrogen-bond acceptors (Lipinski definition) is 2. The lowest BCUT2D eigenvalue weighted by Crippen LogP contribution is -2.38. The summed E-state index contributed by atoms with van der Waals surface area (Å²) in [6, 6.07) is 5.94. The van der Waals surface area contributed by atoms with E-state index in [9.17, 15) is 26.2 Å². The van der Waals surface area contributed by atoms with Gasteiger partial charge in [-0.25, -0.2) is 8.78 Å². The molecule has 26 heavy (non-hydrogen) atoms. The van der Waals surface area contributed by atoms with Crippen molar-refractivity contribution in [3.8, 4) is 5.75 Å². The zero-order valence-electron chi connectivity index (χ0n) is 13.7. The molecule has 2 aromatic rings. The second kappa shape index (κ2) is 6.64. The van der Waals surface area contributed by atoms with Crippen LogP contribution in [0.1, 0.15) is 30.9 Å². The monoisotopic (exact) mass is 390 g/mol. The number of alkyl halides is 3. The molecule has 0 aromatic heterocycles. The van der Waals surface area contributed by atoms with Crippen LogP contribution in [0, 0.1) is 11.6 Å². The van der Waals surface area contributed by atoms with E-state index in [1.54, 1.807) is 6.92 Å². The van der Waals surface area contributed by atoms with Crippen LogP contribution in [0.2, 0.25) is 0 Å². The molecule has 2 aromatic carbocycles.